The first-order chi connectivity index (χ1) is 8.10. The number of ether oxygens (including phenoxy) is 1. The fourth-order valence-electron chi connectivity index (χ4n) is 1.70. The third-order valence-corrected chi connectivity index (χ3v) is 2.54. The van der Waals surface area contributed by atoms with E-state index in [-0.39, 0.29) is 11.7 Å². The maximum absolute atomic E-state index is 11.3. The summed E-state index contributed by atoms with van der Waals surface area (Å²) in [6, 6.07) is 3.78. The van der Waals surface area contributed by atoms with Gasteiger partial charge in [-0.15, -0.1) is 0 Å². The largest absolute Gasteiger partial charge is 0.504 e. The molecule has 0 saturated carbocycles. The van der Waals surface area contributed by atoms with Gasteiger partial charge in [-0.3, -0.25) is 10.1 Å². The number of nitrogens with one attached hydrogen (secondary N) is 2. The number of carbonyl (C=O) groups excluding carboxylic acids is 2. The zero-order valence-electron chi connectivity index (χ0n) is 9.19. The highest BCUT2D eigenvalue weighted by Crippen LogP contribution is 2.26. The van der Waals surface area contributed by atoms with E-state index in [1.54, 1.807) is 12.1 Å². The van der Waals surface area contributed by atoms with E-state index >= 15 is 0 Å². The molecule has 0 aliphatic carbocycles. The number of aromatic hydroxyl groups is 1. The van der Waals surface area contributed by atoms with E-state index in [4.69, 9.17) is 4.74 Å². The van der Waals surface area contributed by atoms with E-state index in [9.17, 15) is 14.7 Å². The molecular weight excluding hydrogens is 224 g/mol. The first-order valence-corrected chi connectivity index (χ1v) is 5.07. The van der Waals surface area contributed by atoms with Gasteiger partial charge < -0.3 is 15.2 Å². The number of hydrogen-bond acceptors (Lipinski definition) is 4. The van der Waals surface area contributed by atoms with Crippen LogP contribution in [0.4, 0.5) is 4.79 Å². The van der Waals surface area contributed by atoms with Crippen molar-refractivity contribution in [3.8, 4) is 11.5 Å². The summed E-state index contributed by atoms with van der Waals surface area (Å²) in [5, 5.41) is 14.2. The Morgan fingerprint density at radius 3 is 2.71 bits per heavy atom. The molecule has 1 saturated heterocycles. The van der Waals surface area contributed by atoms with E-state index < -0.39 is 12.1 Å². The minimum Gasteiger partial charge on any atom is -0.504 e. The molecule has 17 heavy (non-hydrogen) atoms. The summed E-state index contributed by atoms with van der Waals surface area (Å²) in [6.45, 7) is 0. The highest BCUT2D eigenvalue weighted by Gasteiger charge is 2.29. The minimum absolute atomic E-state index is 0.00901. The molecular formula is C11H12N2O4. The molecule has 3 N–H and O–H groups in total. The molecule has 0 bridgehead atoms. The molecule has 1 unspecified atom stereocenters. The summed E-state index contributed by atoms with van der Waals surface area (Å²) in [5.74, 6) is 0.0219. The summed E-state index contributed by atoms with van der Waals surface area (Å²) >= 11 is 0. The Kier molecular flexibility index (Phi) is 2.86. The molecule has 3 amide bonds. The molecule has 6 nitrogen and oxygen atoms in total. The molecule has 1 aliphatic rings. The van der Waals surface area contributed by atoms with Crippen LogP contribution in [0, 0.1) is 0 Å². The zero-order chi connectivity index (χ0) is 12.4. The van der Waals surface area contributed by atoms with Crippen LogP contribution in [0.5, 0.6) is 11.5 Å². The monoisotopic (exact) mass is 236 g/mol. The molecule has 6 heteroatoms. The van der Waals surface area contributed by atoms with Gasteiger partial charge in [-0.25, -0.2) is 4.79 Å². The van der Waals surface area contributed by atoms with Crippen molar-refractivity contribution in [3.63, 3.8) is 0 Å². The Labute approximate surface area is 97.6 Å². The minimum atomic E-state index is -0.588. The zero-order valence-corrected chi connectivity index (χ0v) is 9.19. The standard InChI is InChI=1S/C11H12N2O4/c1-17-9-3-2-6(5-8(9)14)4-7-10(15)13-11(16)12-7/h2-3,5,7,14H,4H2,1H3,(H2,12,13,15,16). The van der Waals surface area contributed by atoms with Crippen LogP contribution in [0.15, 0.2) is 18.2 Å². The Balaban J connectivity index is 2.11. The SMILES string of the molecule is COc1ccc(CC2NC(=O)NC2=O)cc1O. The summed E-state index contributed by atoms with van der Waals surface area (Å²) in [7, 11) is 1.46. The van der Waals surface area contributed by atoms with Gasteiger partial charge in [-0.05, 0) is 17.7 Å². The number of hydrogen-bond donors (Lipinski definition) is 3. The number of phenolic OH excluding ortho intramolecular Hbond substituents is 1. The van der Waals surface area contributed by atoms with Crippen molar-refractivity contribution < 1.29 is 19.4 Å². The Morgan fingerprint density at radius 2 is 2.18 bits per heavy atom. The maximum Gasteiger partial charge on any atom is 0.322 e. The first kappa shape index (κ1) is 11.3. The Morgan fingerprint density at radius 1 is 1.41 bits per heavy atom. The number of phenols is 1. The molecule has 1 aromatic carbocycles. The number of imide groups is 1. The van der Waals surface area contributed by atoms with Gasteiger partial charge in [0.25, 0.3) is 5.91 Å². The van der Waals surface area contributed by atoms with Crippen LogP contribution in [0.3, 0.4) is 0 Å². The summed E-state index contributed by atoms with van der Waals surface area (Å²) in [4.78, 5) is 22.2. The Hall–Kier alpha value is -2.24. The third kappa shape index (κ3) is 2.30. The highest BCUT2D eigenvalue weighted by atomic mass is 16.5. The number of rotatable bonds is 3. The van der Waals surface area contributed by atoms with Crippen molar-refractivity contribution in [2.45, 2.75) is 12.5 Å². The smallest absolute Gasteiger partial charge is 0.322 e. The van der Waals surface area contributed by atoms with E-state index in [0.29, 0.717) is 12.2 Å². The first-order valence-electron chi connectivity index (χ1n) is 5.07. The van der Waals surface area contributed by atoms with Crippen LogP contribution in [0.2, 0.25) is 0 Å². The molecule has 1 atom stereocenters. The third-order valence-electron chi connectivity index (χ3n) is 2.54. The van der Waals surface area contributed by atoms with Gasteiger partial charge >= 0.3 is 6.03 Å². The van der Waals surface area contributed by atoms with Crippen molar-refractivity contribution in [2.24, 2.45) is 0 Å². The van der Waals surface area contributed by atoms with Crippen LogP contribution in [0.25, 0.3) is 0 Å². The topological polar surface area (TPSA) is 87.7 Å². The van der Waals surface area contributed by atoms with Crippen molar-refractivity contribution in [2.75, 3.05) is 7.11 Å². The predicted octanol–water partition coefficient (Wildman–Crippen LogP) is 0.151. The van der Waals surface area contributed by atoms with E-state index in [2.05, 4.69) is 10.6 Å². The maximum atomic E-state index is 11.3. The fraction of sp³-hybridized carbons (Fsp3) is 0.273. The van der Waals surface area contributed by atoms with Crippen molar-refractivity contribution in [1.29, 1.82) is 0 Å². The number of methoxy groups -OCH3 is 1. The van der Waals surface area contributed by atoms with Gasteiger partial charge in [0, 0.05) is 6.42 Å². The lowest BCUT2D eigenvalue weighted by Gasteiger charge is -2.09. The lowest BCUT2D eigenvalue weighted by atomic mass is 10.1. The second-order valence-electron chi connectivity index (χ2n) is 3.73. The van der Waals surface area contributed by atoms with Crippen molar-refractivity contribution in [1.82, 2.24) is 10.6 Å². The average Bonchev–Trinajstić information content (AvgIpc) is 2.58. The van der Waals surface area contributed by atoms with Crippen LogP contribution < -0.4 is 15.4 Å². The molecule has 1 fully saturated rings. The van der Waals surface area contributed by atoms with Crippen LogP contribution >= 0.6 is 0 Å². The van der Waals surface area contributed by atoms with Crippen molar-refractivity contribution >= 4 is 11.9 Å². The Bertz CT molecular complexity index is 473. The molecule has 1 aliphatic heterocycles. The summed E-state index contributed by atoms with van der Waals surface area (Å²) < 4.78 is 4.91. The van der Waals surface area contributed by atoms with E-state index in [0.717, 1.165) is 5.56 Å². The summed E-state index contributed by atoms with van der Waals surface area (Å²) in [5.41, 5.74) is 0.741. The molecule has 2 rings (SSSR count). The van der Waals surface area contributed by atoms with E-state index in [1.807, 2.05) is 0 Å². The lowest BCUT2D eigenvalue weighted by molar-refractivity contribution is -0.120. The second kappa shape index (κ2) is 4.32. The van der Waals surface area contributed by atoms with Crippen molar-refractivity contribution in [3.05, 3.63) is 23.8 Å². The fourth-order valence-corrected chi connectivity index (χ4v) is 1.70. The average molecular weight is 236 g/mol. The van der Waals surface area contributed by atoms with Gasteiger partial charge in [-0.2, -0.15) is 0 Å². The molecule has 0 radical (unpaired) electrons. The van der Waals surface area contributed by atoms with Crippen LogP contribution in [-0.2, 0) is 11.2 Å². The highest BCUT2D eigenvalue weighted by molar-refractivity contribution is 6.04. The molecule has 1 heterocycles. The quantitative estimate of drug-likeness (QED) is 0.652. The van der Waals surface area contributed by atoms with Gasteiger partial charge in [-0.1, -0.05) is 6.07 Å². The molecule has 1 aromatic rings. The molecule has 0 aromatic heterocycles. The normalized spacial score (nSPS) is 18.8. The number of amides is 3. The lowest BCUT2D eigenvalue weighted by Crippen LogP contribution is -2.31. The second-order valence-corrected chi connectivity index (χ2v) is 3.73. The van der Waals surface area contributed by atoms with Crippen LogP contribution in [0.1, 0.15) is 5.56 Å². The number of carbonyl (C=O) groups is 2. The number of benzene rings is 1. The summed E-state index contributed by atoms with van der Waals surface area (Å²) in [6.07, 6.45) is 0.328. The van der Waals surface area contributed by atoms with Gasteiger partial charge in [0.05, 0.1) is 7.11 Å². The predicted molar refractivity (Wildman–Crippen MR) is 58.8 cm³/mol. The molecule has 90 valence electrons. The van der Waals surface area contributed by atoms with Gasteiger partial charge in [0.2, 0.25) is 0 Å². The van der Waals surface area contributed by atoms with Gasteiger partial charge in [0.15, 0.2) is 11.5 Å². The molecule has 0 spiro atoms. The van der Waals surface area contributed by atoms with E-state index in [1.165, 1.54) is 13.2 Å². The van der Waals surface area contributed by atoms with Crippen LogP contribution in [-0.4, -0.2) is 30.2 Å². The van der Waals surface area contributed by atoms with Gasteiger partial charge in [0.1, 0.15) is 6.04 Å². The number of urea groups is 1.